The molecule has 266 valence electrons. The summed E-state index contributed by atoms with van der Waals surface area (Å²) < 4.78 is 18.1. The second-order valence-electron chi connectivity index (χ2n) is 15.9. The first kappa shape index (κ1) is 36.5. The first-order chi connectivity index (χ1) is 22.8. The van der Waals surface area contributed by atoms with Gasteiger partial charge in [0.05, 0.1) is 17.6 Å². The van der Waals surface area contributed by atoms with E-state index in [0.29, 0.717) is 18.1 Å². The van der Waals surface area contributed by atoms with Gasteiger partial charge in [0, 0.05) is 18.5 Å². The lowest BCUT2D eigenvalue weighted by atomic mass is 9.47. The van der Waals surface area contributed by atoms with E-state index in [9.17, 15) is 9.90 Å². The minimum Gasteiger partial charge on any atom is -0.485 e. The van der Waals surface area contributed by atoms with Crippen LogP contribution in [0.25, 0.3) is 0 Å². The fraction of sp³-hybridized carbons (Fsp3) is 0.829. The molecule has 2 aliphatic heterocycles. The van der Waals surface area contributed by atoms with E-state index < -0.39 is 17.2 Å². The quantitative estimate of drug-likeness (QED) is 0.0712. The standard InChI is InChI=1S/C41H67NO5/c1-5-7-8-9-10-11-12-13-14-15-16-17-18-19-20-21-28-45-39(43)46-34-25-24-33-29-35-40(4,44)41(26-27-42(35)30-32-22-23-32)36(33)37(34)47-38(41)31(3)6-2/h24-25,32-33,35-36,38,44H,3,5-23,26-30H2,1-2,4H3/t33?,35?,36?,38-,40+,41-/m0/s1. The van der Waals surface area contributed by atoms with Crippen LogP contribution in [0.2, 0.25) is 0 Å². The van der Waals surface area contributed by atoms with Crippen molar-refractivity contribution in [3.8, 4) is 0 Å². The van der Waals surface area contributed by atoms with Crippen molar-refractivity contribution in [1.29, 1.82) is 0 Å². The molecule has 47 heavy (non-hydrogen) atoms. The number of unbranched alkanes of at least 4 members (excludes halogenated alkanes) is 15. The van der Waals surface area contributed by atoms with Crippen LogP contribution in [0.15, 0.2) is 35.8 Å². The summed E-state index contributed by atoms with van der Waals surface area (Å²) in [7, 11) is 0. The Balaban J connectivity index is 1.02. The van der Waals surface area contributed by atoms with Gasteiger partial charge in [-0.2, -0.15) is 0 Å². The van der Waals surface area contributed by atoms with E-state index in [-0.39, 0.29) is 24.0 Å². The Kier molecular flexibility index (Phi) is 13.4. The smallest absolute Gasteiger partial charge is 0.485 e. The molecular weight excluding hydrogens is 586 g/mol. The van der Waals surface area contributed by atoms with Gasteiger partial charge in [0.15, 0.2) is 5.76 Å². The fourth-order valence-corrected chi connectivity index (χ4v) is 9.51. The summed E-state index contributed by atoms with van der Waals surface area (Å²) in [4.78, 5) is 15.4. The monoisotopic (exact) mass is 654 g/mol. The maximum Gasteiger partial charge on any atom is 0.513 e. The molecule has 0 aromatic carbocycles. The van der Waals surface area contributed by atoms with E-state index in [1.165, 1.54) is 103 Å². The molecule has 3 unspecified atom stereocenters. The molecular formula is C41H67NO5. The number of aliphatic hydroxyl groups is 1. The van der Waals surface area contributed by atoms with E-state index in [2.05, 4.69) is 31.4 Å². The van der Waals surface area contributed by atoms with E-state index in [1.807, 2.05) is 13.0 Å². The minimum atomic E-state index is -0.935. The van der Waals surface area contributed by atoms with Gasteiger partial charge in [-0.05, 0) is 75.5 Å². The van der Waals surface area contributed by atoms with E-state index in [4.69, 9.17) is 14.2 Å². The van der Waals surface area contributed by atoms with E-state index in [1.54, 1.807) is 0 Å². The first-order valence-electron chi connectivity index (χ1n) is 19.9. The van der Waals surface area contributed by atoms with Crippen LogP contribution in [0, 0.1) is 23.2 Å². The third kappa shape index (κ3) is 8.51. The molecule has 0 aromatic rings. The zero-order chi connectivity index (χ0) is 33.3. The van der Waals surface area contributed by atoms with Gasteiger partial charge >= 0.3 is 6.16 Å². The van der Waals surface area contributed by atoms with Gasteiger partial charge in [-0.1, -0.05) is 123 Å². The molecule has 4 fully saturated rings. The Morgan fingerprint density at radius 3 is 2.13 bits per heavy atom. The molecule has 5 aliphatic rings. The molecule has 0 aromatic heterocycles. The number of nitrogens with zero attached hydrogens (tertiary/aromatic N) is 1. The number of hydrogen-bond acceptors (Lipinski definition) is 6. The van der Waals surface area contributed by atoms with Crippen molar-refractivity contribution in [2.45, 2.75) is 173 Å². The highest BCUT2D eigenvalue weighted by atomic mass is 16.7. The Bertz CT molecular complexity index is 1090. The van der Waals surface area contributed by atoms with Gasteiger partial charge in [0.1, 0.15) is 11.9 Å². The number of fused-ring (bicyclic) bond motifs is 1. The lowest BCUT2D eigenvalue weighted by molar-refractivity contribution is -0.218. The molecule has 2 heterocycles. The van der Waals surface area contributed by atoms with Crippen LogP contribution in [0.4, 0.5) is 4.79 Å². The van der Waals surface area contributed by atoms with Gasteiger partial charge < -0.3 is 19.3 Å². The number of ether oxygens (including phenoxy) is 3. The van der Waals surface area contributed by atoms with Crippen molar-refractivity contribution in [2.24, 2.45) is 23.2 Å². The summed E-state index contributed by atoms with van der Waals surface area (Å²) in [6.45, 7) is 13.3. The highest BCUT2D eigenvalue weighted by Crippen LogP contribution is 2.67. The fourth-order valence-electron chi connectivity index (χ4n) is 9.51. The topological polar surface area (TPSA) is 68.2 Å². The second kappa shape index (κ2) is 17.2. The minimum absolute atomic E-state index is 0.0294. The first-order valence-corrected chi connectivity index (χ1v) is 19.9. The van der Waals surface area contributed by atoms with Crippen molar-refractivity contribution < 1.29 is 24.1 Å². The number of carbonyl (C=O) groups excluding carboxylic acids is 1. The van der Waals surface area contributed by atoms with Crippen molar-refractivity contribution in [3.05, 3.63) is 35.8 Å². The maximum atomic E-state index is 12.8. The van der Waals surface area contributed by atoms with Gasteiger partial charge in [-0.3, -0.25) is 4.90 Å². The second-order valence-corrected chi connectivity index (χ2v) is 15.9. The highest BCUT2D eigenvalue weighted by molar-refractivity contribution is 5.62. The summed E-state index contributed by atoms with van der Waals surface area (Å²) in [5, 5.41) is 12.4. The number of hydrogen-bond donors (Lipinski definition) is 1. The van der Waals surface area contributed by atoms with Gasteiger partial charge in [-0.15, -0.1) is 0 Å². The normalized spacial score (nSPS) is 31.1. The lowest BCUT2D eigenvalue weighted by Crippen LogP contribution is -2.73. The zero-order valence-electron chi connectivity index (χ0n) is 30.2. The number of rotatable bonds is 22. The summed E-state index contributed by atoms with van der Waals surface area (Å²) in [5.41, 5.74) is -0.414. The Morgan fingerprint density at radius 2 is 1.55 bits per heavy atom. The molecule has 2 bridgehead atoms. The summed E-state index contributed by atoms with van der Waals surface area (Å²) in [5.74, 6) is 2.15. The summed E-state index contributed by atoms with van der Waals surface area (Å²) in [6, 6.07) is 0.0880. The Labute approximate surface area is 286 Å². The number of allylic oxidation sites excluding steroid dienone is 3. The molecule has 6 nitrogen and oxygen atoms in total. The molecule has 0 radical (unpaired) electrons. The third-order valence-corrected chi connectivity index (χ3v) is 12.5. The Hall–Kier alpha value is -1.79. The SMILES string of the molecule is C=C(CC)[C@@H]1OC2=C(OC(=O)OCCCCCCCCCCCCCCCCCC)C=CC3CC4N(CC5CC5)CC[C@@]1(C23)[C@]4(C)O. The van der Waals surface area contributed by atoms with E-state index in [0.717, 1.165) is 56.7 Å². The van der Waals surface area contributed by atoms with Gasteiger partial charge in [0.25, 0.3) is 0 Å². The third-order valence-electron chi connectivity index (χ3n) is 12.5. The average molecular weight is 654 g/mol. The van der Waals surface area contributed by atoms with E-state index >= 15 is 0 Å². The van der Waals surface area contributed by atoms with Crippen LogP contribution in [0.5, 0.6) is 0 Å². The molecule has 5 rings (SSSR count). The Morgan fingerprint density at radius 1 is 0.957 bits per heavy atom. The van der Waals surface area contributed by atoms with Crippen molar-refractivity contribution in [1.82, 2.24) is 4.90 Å². The largest absolute Gasteiger partial charge is 0.513 e. The zero-order valence-corrected chi connectivity index (χ0v) is 30.2. The van der Waals surface area contributed by atoms with Crippen molar-refractivity contribution >= 4 is 6.16 Å². The molecule has 0 amide bonds. The number of likely N-dealkylation sites (tertiary alicyclic amines) is 1. The lowest BCUT2D eigenvalue weighted by Gasteiger charge is -2.63. The molecule has 6 atom stereocenters. The van der Waals surface area contributed by atoms with Crippen molar-refractivity contribution in [2.75, 3.05) is 19.7 Å². The molecule has 1 spiro atoms. The van der Waals surface area contributed by atoms with Gasteiger partial charge in [0.2, 0.25) is 0 Å². The van der Waals surface area contributed by atoms with Crippen molar-refractivity contribution in [3.63, 3.8) is 0 Å². The molecule has 6 heteroatoms. The predicted octanol–water partition coefficient (Wildman–Crippen LogP) is 10.4. The summed E-state index contributed by atoms with van der Waals surface area (Å²) in [6.07, 6.45) is 29.3. The number of carbonyl (C=O) groups is 1. The van der Waals surface area contributed by atoms with Crippen LogP contribution >= 0.6 is 0 Å². The van der Waals surface area contributed by atoms with Crippen LogP contribution in [-0.2, 0) is 14.2 Å². The highest BCUT2D eigenvalue weighted by Gasteiger charge is 2.73. The molecule has 2 saturated carbocycles. The average Bonchev–Trinajstić information content (AvgIpc) is 3.80. The molecule has 3 aliphatic carbocycles. The van der Waals surface area contributed by atoms with Crippen LogP contribution in [-0.4, -0.2) is 53.6 Å². The molecule has 2 saturated heterocycles. The predicted molar refractivity (Wildman–Crippen MR) is 190 cm³/mol. The maximum absolute atomic E-state index is 12.8. The van der Waals surface area contributed by atoms with Crippen LogP contribution in [0.3, 0.4) is 0 Å². The van der Waals surface area contributed by atoms with Crippen LogP contribution in [0.1, 0.15) is 156 Å². The summed E-state index contributed by atoms with van der Waals surface area (Å²) >= 11 is 0. The number of piperidine rings is 1. The van der Waals surface area contributed by atoms with Crippen LogP contribution < -0.4 is 0 Å². The van der Waals surface area contributed by atoms with Gasteiger partial charge in [-0.25, -0.2) is 4.79 Å². The molecule has 1 N–H and O–H groups in total.